The smallest absolute Gasteiger partial charge is 0.354 e. The SMILES string of the molecule is COC(=O)C1=C(C)C(c2ccc(F)cc2)NC(=O)N1. The van der Waals surface area contributed by atoms with Gasteiger partial charge in [0.05, 0.1) is 13.2 Å². The lowest BCUT2D eigenvalue weighted by atomic mass is 9.96. The molecule has 1 aromatic rings. The third-order valence-electron chi connectivity index (χ3n) is 2.93. The van der Waals surface area contributed by atoms with E-state index in [1.54, 1.807) is 19.1 Å². The van der Waals surface area contributed by atoms with E-state index >= 15 is 0 Å². The van der Waals surface area contributed by atoms with E-state index in [4.69, 9.17) is 0 Å². The second-order valence-corrected chi connectivity index (χ2v) is 4.13. The Morgan fingerprint density at radius 3 is 2.53 bits per heavy atom. The Morgan fingerprint density at radius 1 is 1.32 bits per heavy atom. The molecule has 0 spiro atoms. The summed E-state index contributed by atoms with van der Waals surface area (Å²) in [4.78, 5) is 23.1. The number of halogens is 1. The first-order valence-corrected chi connectivity index (χ1v) is 5.65. The Morgan fingerprint density at radius 2 is 1.95 bits per heavy atom. The van der Waals surface area contributed by atoms with Crippen molar-refractivity contribution in [2.24, 2.45) is 0 Å². The maximum atomic E-state index is 12.9. The Labute approximate surface area is 109 Å². The molecule has 1 aliphatic heterocycles. The van der Waals surface area contributed by atoms with Crippen molar-refractivity contribution < 1.29 is 18.7 Å². The van der Waals surface area contributed by atoms with Gasteiger partial charge < -0.3 is 15.4 Å². The number of nitrogens with one attached hydrogen (secondary N) is 2. The van der Waals surface area contributed by atoms with Gasteiger partial charge in [0.1, 0.15) is 11.5 Å². The molecule has 1 heterocycles. The predicted molar refractivity (Wildman–Crippen MR) is 65.5 cm³/mol. The molecular weight excluding hydrogens is 251 g/mol. The fourth-order valence-electron chi connectivity index (χ4n) is 1.93. The minimum Gasteiger partial charge on any atom is -0.464 e. The quantitative estimate of drug-likeness (QED) is 0.798. The predicted octanol–water partition coefficient (Wildman–Crippen LogP) is 1.63. The molecule has 0 bridgehead atoms. The monoisotopic (exact) mass is 264 g/mol. The third kappa shape index (κ3) is 2.57. The molecule has 1 atom stereocenters. The van der Waals surface area contributed by atoms with Gasteiger partial charge in [-0.25, -0.2) is 14.0 Å². The first-order chi connectivity index (χ1) is 9.02. The molecule has 0 fully saturated rings. The summed E-state index contributed by atoms with van der Waals surface area (Å²) in [6, 6.07) is 4.74. The first kappa shape index (κ1) is 13.1. The van der Waals surface area contributed by atoms with Gasteiger partial charge in [-0.3, -0.25) is 0 Å². The van der Waals surface area contributed by atoms with Crippen LogP contribution in [0.1, 0.15) is 18.5 Å². The topological polar surface area (TPSA) is 67.4 Å². The highest BCUT2D eigenvalue weighted by molar-refractivity contribution is 5.95. The molecule has 1 aromatic carbocycles. The minimum absolute atomic E-state index is 0.112. The van der Waals surface area contributed by atoms with Crippen molar-refractivity contribution in [2.75, 3.05) is 7.11 Å². The third-order valence-corrected chi connectivity index (χ3v) is 2.93. The van der Waals surface area contributed by atoms with Crippen molar-refractivity contribution in [1.82, 2.24) is 10.6 Å². The summed E-state index contributed by atoms with van der Waals surface area (Å²) in [6.07, 6.45) is 0. The molecule has 6 heteroatoms. The molecular formula is C13H13FN2O3. The number of hydrogen-bond acceptors (Lipinski definition) is 3. The van der Waals surface area contributed by atoms with Crippen LogP contribution in [0.5, 0.6) is 0 Å². The number of esters is 1. The molecule has 2 N–H and O–H groups in total. The molecule has 1 unspecified atom stereocenters. The first-order valence-electron chi connectivity index (χ1n) is 5.65. The van der Waals surface area contributed by atoms with E-state index in [0.29, 0.717) is 11.1 Å². The fourth-order valence-corrected chi connectivity index (χ4v) is 1.93. The summed E-state index contributed by atoms with van der Waals surface area (Å²) in [5.41, 5.74) is 1.41. The van der Waals surface area contributed by atoms with Crippen LogP contribution < -0.4 is 10.6 Å². The van der Waals surface area contributed by atoms with E-state index in [0.717, 1.165) is 0 Å². The van der Waals surface area contributed by atoms with Gasteiger partial charge in [0.2, 0.25) is 0 Å². The Balaban J connectivity index is 2.41. The van der Waals surface area contributed by atoms with Crippen molar-refractivity contribution in [3.8, 4) is 0 Å². The lowest BCUT2D eigenvalue weighted by Gasteiger charge is -2.27. The second-order valence-electron chi connectivity index (χ2n) is 4.13. The summed E-state index contributed by atoms with van der Waals surface area (Å²) in [7, 11) is 1.24. The van der Waals surface area contributed by atoms with Gasteiger partial charge in [-0.15, -0.1) is 0 Å². The molecule has 19 heavy (non-hydrogen) atoms. The summed E-state index contributed by atoms with van der Waals surface area (Å²) in [5, 5.41) is 5.08. The van der Waals surface area contributed by atoms with Gasteiger partial charge in [-0.1, -0.05) is 12.1 Å². The van der Waals surface area contributed by atoms with E-state index in [9.17, 15) is 14.0 Å². The van der Waals surface area contributed by atoms with Crippen LogP contribution in [0.4, 0.5) is 9.18 Å². The number of urea groups is 1. The van der Waals surface area contributed by atoms with Gasteiger partial charge in [-0.2, -0.15) is 0 Å². The zero-order chi connectivity index (χ0) is 14.0. The lowest BCUT2D eigenvalue weighted by molar-refractivity contribution is -0.136. The molecule has 2 rings (SSSR count). The van der Waals surface area contributed by atoms with Gasteiger partial charge >= 0.3 is 12.0 Å². The van der Waals surface area contributed by atoms with Gasteiger partial charge in [0, 0.05) is 0 Å². The van der Waals surface area contributed by atoms with E-state index in [1.807, 2.05) is 0 Å². The van der Waals surface area contributed by atoms with Crippen molar-refractivity contribution in [1.29, 1.82) is 0 Å². The van der Waals surface area contributed by atoms with Crippen LogP contribution in [0.15, 0.2) is 35.5 Å². The van der Waals surface area contributed by atoms with E-state index < -0.39 is 18.0 Å². The van der Waals surface area contributed by atoms with Crippen LogP contribution in [-0.4, -0.2) is 19.1 Å². The standard InChI is InChI=1S/C13H13FN2O3/c1-7-10(8-3-5-9(14)6-4-8)15-13(18)16-11(7)12(17)19-2/h3-6,10H,1-2H3,(H2,15,16,18). The molecule has 0 radical (unpaired) electrons. The molecule has 5 nitrogen and oxygen atoms in total. The van der Waals surface area contributed by atoms with Crippen LogP contribution in [0.2, 0.25) is 0 Å². The Kier molecular flexibility index (Phi) is 3.50. The zero-order valence-electron chi connectivity index (χ0n) is 10.5. The van der Waals surface area contributed by atoms with Gasteiger partial charge in [-0.05, 0) is 30.2 Å². The normalized spacial score (nSPS) is 18.7. The highest BCUT2D eigenvalue weighted by Gasteiger charge is 2.29. The molecule has 2 amide bonds. The molecule has 0 aliphatic carbocycles. The van der Waals surface area contributed by atoms with Gasteiger partial charge in [0.25, 0.3) is 0 Å². The summed E-state index contributed by atoms with van der Waals surface area (Å²) < 4.78 is 17.5. The zero-order valence-corrected chi connectivity index (χ0v) is 10.5. The maximum absolute atomic E-state index is 12.9. The van der Waals surface area contributed by atoms with Crippen molar-refractivity contribution in [2.45, 2.75) is 13.0 Å². The average Bonchev–Trinajstić information content (AvgIpc) is 2.41. The number of ether oxygens (including phenoxy) is 1. The average molecular weight is 264 g/mol. The van der Waals surface area contributed by atoms with Crippen LogP contribution in [-0.2, 0) is 9.53 Å². The Hall–Kier alpha value is -2.37. The van der Waals surface area contributed by atoms with Crippen LogP contribution in [0.25, 0.3) is 0 Å². The Bertz CT molecular complexity index is 552. The highest BCUT2D eigenvalue weighted by atomic mass is 19.1. The fraction of sp³-hybridized carbons (Fsp3) is 0.231. The van der Waals surface area contributed by atoms with E-state index in [2.05, 4.69) is 15.4 Å². The summed E-state index contributed by atoms with van der Waals surface area (Å²) in [5.74, 6) is -0.974. The number of amides is 2. The van der Waals surface area contributed by atoms with E-state index in [-0.39, 0.29) is 11.5 Å². The van der Waals surface area contributed by atoms with Crippen LogP contribution in [0.3, 0.4) is 0 Å². The number of carbonyl (C=O) groups is 2. The summed E-state index contributed by atoms with van der Waals surface area (Å²) >= 11 is 0. The molecule has 0 saturated heterocycles. The van der Waals surface area contributed by atoms with Crippen LogP contribution in [0, 0.1) is 5.82 Å². The molecule has 1 aliphatic rings. The highest BCUT2D eigenvalue weighted by Crippen LogP contribution is 2.26. The van der Waals surface area contributed by atoms with Crippen molar-refractivity contribution in [3.05, 3.63) is 46.9 Å². The lowest BCUT2D eigenvalue weighted by Crippen LogP contribution is -2.45. The molecule has 0 saturated carbocycles. The second kappa shape index (κ2) is 5.09. The number of carbonyl (C=O) groups excluding carboxylic acids is 2. The number of hydrogen-bond donors (Lipinski definition) is 2. The molecule has 0 aromatic heterocycles. The molecule has 100 valence electrons. The van der Waals surface area contributed by atoms with Crippen LogP contribution >= 0.6 is 0 Å². The number of methoxy groups -OCH3 is 1. The largest absolute Gasteiger partial charge is 0.464 e. The van der Waals surface area contributed by atoms with Crippen molar-refractivity contribution in [3.63, 3.8) is 0 Å². The van der Waals surface area contributed by atoms with Crippen molar-refractivity contribution >= 4 is 12.0 Å². The minimum atomic E-state index is -0.612. The van der Waals surface area contributed by atoms with E-state index in [1.165, 1.54) is 19.2 Å². The maximum Gasteiger partial charge on any atom is 0.354 e. The number of rotatable bonds is 2. The summed E-state index contributed by atoms with van der Waals surface area (Å²) in [6.45, 7) is 1.70. The number of benzene rings is 1. The van der Waals surface area contributed by atoms with Gasteiger partial charge in [0.15, 0.2) is 0 Å².